The monoisotopic (exact) mass is 226 g/mol. The number of hydrogen-bond donors (Lipinski definition) is 1. The van der Waals surface area contributed by atoms with Crippen LogP contribution in [0.5, 0.6) is 0 Å². The van der Waals surface area contributed by atoms with E-state index in [0.29, 0.717) is 0 Å². The summed E-state index contributed by atoms with van der Waals surface area (Å²) in [6.45, 7) is 0. The maximum absolute atomic E-state index is 6.03. The second-order valence-corrected chi connectivity index (χ2v) is 4.41. The minimum Gasteiger partial charge on any atom is -0.398 e. The fourth-order valence-corrected chi connectivity index (χ4v) is 2.41. The number of benzene rings is 1. The zero-order valence-electron chi connectivity index (χ0n) is 8.55. The van der Waals surface area contributed by atoms with Gasteiger partial charge in [0.15, 0.2) is 0 Å². The number of nitrogen functional groups attached to an aromatic ring is 1. The molecule has 0 fully saturated rings. The lowest BCUT2D eigenvalue weighted by molar-refractivity contribution is 1.41. The standard InChI is InChI=1S/C13H10N2S/c14-11-7-13(9-5-6-16-8-9)15-12-4-2-1-3-10(11)12/h1-8H,(H2,14,15). The van der Waals surface area contributed by atoms with E-state index in [1.54, 1.807) is 11.3 Å². The SMILES string of the molecule is Nc1cc(-c2ccsc2)nc2ccccc12. The number of para-hydroxylation sites is 1. The van der Waals surface area contributed by atoms with Crippen LogP contribution >= 0.6 is 11.3 Å². The van der Waals surface area contributed by atoms with Gasteiger partial charge in [-0.15, -0.1) is 0 Å². The van der Waals surface area contributed by atoms with E-state index in [0.717, 1.165) is 27.8 Å². The molecule has 0 amide bonds. The zero-order valence-corrected chi connectivity index (χ0v) is 9.37. The molecule has 3 rings (SSSR count). The minimum absolute atomic E-state index is 0.784. The fourth-order valence-electron chi connectivity index (χ4n) is 1.76. The Morgan fingerprint density at radius 3 is 2.81 bits per heavy atom. The van der Waals surface area contributed by atoms with Gasteiger partial charge in [-0.1, -0.05) is 18.2 Å². The Kier molecular flexibility index (Phi) is 2.11. The van der Waals surface area contributed by atoms with Crippen LogP contribution in [-0.4, -0.2) is 4.98 Å². The molecule has 0 unspecified atom stereocenters. The van der Waals surface area contributed by atoms with Gasteiger partial charge in [0.2, 0.25) is 0 Å². The smallest absolute Gasteiger partial charge is 0.0738 e. The summed E-state index contributed by atoms with van der Waals surface area (Å²) in [5, 5.41) is 5.14. The summed E-state index contributed by atoms with van der Waals surface area (Å²) >= 11 is 1.66. The average Bonchev–Trinajstić information content (AvgIpc) is 2.82. The highest BCUT2D eigenvalue weighted by Gasteiger charge is 2.04. The number of rotatable bonds is 1. The number of aromatic nitrogens is 1. The molecule has 0 bridgehead atoms. The molecule has 0 spiro atoms. The van der Waals surface area contributed by atoms with E-state index in [1.807, 2.05) is 35.7 Å². The molecular weight excluding hydrogens is 216 g/mol. The van der Waals surface area contributed by atoms with Crippen molar-refractivity contribution in [3.63, 3.8) is 0 Å². The van der Waals surface area contributed by atoms with Crippen LogP contribution < -0.4 is 5.73 Å². The molecule has 1 aromatic carbocycles. The first kappa shape index (κ1) is 9.36. The van der Waals surface area contributed by atoms with Crippen LogP contribution in [-0.2, 0) is 0 Å². The van der Waals surface area contributed by atoms with E-state index < -0.39 is 0 Å². The average molecular weight is 226 g/mol. The van der Waals surface area contributed by atoms with Crippen molar-refractivity contribution in [1.82, 2.24) is 4.98 Å². The lowest BCUT2D eigenvalue weighted by Crippen LogP contribution is -1.91. The van der Waals surface area contributed by atoms with Gasteiger partial charge in [0.05, 0.1) is 11.2 Å². The molecule has 3 heteroatoms. The zero-order chi connectivity index (χ0) is 11.0. The number of nitrogens with zero attached hydrogens (tertiary/aromatic N) is 1. The van der Waals surface area contributed by atoms with Crippen LogP contribution in [0.2, 0.25) is 0 Å². The third kappa shape index (κ3) is 1.46. The molecule has 78 valence electrons. The van der Waals surface area contributed by atoms with Crippen LogP contribution in [0.3, 0.4) is 0 Å². The van der Waals surface area contributed by atoms with Gasteiger partial charge >= 0.3 is 0 Å². The van der Waals surface area contributed by atoms with E-state index >= 15 is 0 Å². The molecule has 2 aromatic heterocycles. The van der Waals surface area contributed by atoms with E-state index in [-0.39, 0.29) is 0 Å². The van der Waals surface area contributed by atoms with E-state index in [4.69, 9.17) is 5.73 Å². The van der Waals surface area contributed by atoms with Crippen LogP contribution in [0.4, 0.5) is 5.69 Å². The Balaban J connectivity index is 2.29. The quantitative estimate of drug-likeness (QED) is 0.689. The van der Waals surface area contributed by atoms with Crippen molar-refractivity contribution in [3.8, 4) is 11.3 Å². The van der Waals surface area contributed by atoms with Crippen molar-refractivity contribution in [3.05, 3.63) is 47.2 Å². The highest BCUT2D eigenvalue weighted by atomic mass is 32.1. The Morgan fingerprint density at radius 1 is 1.12 bits per heavy atom. The molecular formula is C13H10N2S. The van der Waals surface area contributed by atoms with Crippen molar-refractivity contribution >= 4 is 27.9 Å². The summed E-state index contributed by atoms with van der Waals surface area (Å²) in [5.74, 6) is 0. The highest BCUT2D eigenvalue weighted by Crippen LogP contribution is 2.27. The molecule has 16 heavy (non-hydrogen) atoms. The molecule has 2 heterocycles. The molecule has 3 aromatic rings. The topological polar surface area (TPSA) is 38.9 Å². The van der Waals surface area contributed by atoms with E-state index in [9.17, 15) is 0 Å². The molecule has 2 N–H and O–H groups in total. The van der Waals surface area contributed by atoms with Gasteiger partial charge in [0, 0.05) is 22.0 Å². The number of hydrogen-bond acceptors (Lipinski definition) is 3. The molecule has 0 aliphatic rings. The molecule has 0 atom stereocenters. The Hall–Kier alpha value is -1.87. The predicted molar refractivity (Wildman–Crippen MR) is 69.5 cm³/mol. The predicted octanol–water partition coefficient (Wildman–Crippen LogP) is 3.55. The van der Waals surface area contributed by atoms with E-state index in [2.05, 4.69) is 16.4 Å². The fraction of sp³-hybridized carbons (Fsp3) is 0. The largest absolute Gasteiger partial charge is 0.398 e. The summed E-state index contributed by atoms with van der Waals surface area (Å²) in [4.78, 5) is 4.61. The van der Waals surface area contributed by atoms with Gasteiger partial charge < -0.3 is 5.73 Å². The minimum atomic E-state index is 0.784. The van der Waals surface area contributed by atoms with Gasteiger partial charge in [-0.3, -0.25) is 0 Å². The first-order valence-electron chi connectivity index (χ1n) is 5.02. The van der Waals surface area contributed by atoms with Crippen molar-refractivity contribution < 1.29 is 0 Å². The van der Waals surface area contributed by atoms with Crippen molar-refractivity contribution in [2.24, 2.45) is 0 Å². The van der Waals surface area contributed by atoms with Gasteiger partial charge in [-0.2, -0.15) is 11.3 Å². The highest BCUT2D eigenvalue weighted by molar-refractivity contribution is 7.08. The lowest BCUT2D eigenvalue weighted by atomic mass is 10.1. The van der Waals surface area contributed by atoms with Crippen molar-refractivity contribution in [2.45, 2.75) is 0 Å². The van der Waals surface area contributed by atoms with Crippen LogP contribution in [0.25, 0.3) is 22.2 Å². The van der Waals surface area contributed by atoms with Crippen molar-refractivity contribution in [1.29, 1.82) is 0 Å². The number of pyridine rings is 1. The Labute approximate surface area is 97.4 Å². The van der Waals surface area contributed by atoms with Crippen LogP contribution in [0.1, 0.15) is 0 Å². The van der Waals surface area contributed by atoms with Crippen molar-refractivity contribution in [2.75, 3.05) is 5.73 Å². The third-order valence-electron chi connectivity index (χ3n) is 2.57. The first-order chi connectivity index (χ1) is 7.84. The maximum atomic E-state index is 6.03. The molecule has 0 aliphatic heterocycles. The second kappa shape index (κ2) is 3.61. The second-order valence-electron chi connectivity index (χ2n) is 3.63. The lowest BCUT2D eigenvalue weighted by Gasteiger charge is -2.04. The summed E-state index contributed by atoms with van der Waals surface area (Å²) in [7, 11) is 0. The first-order valence-corrected chi connectivity index (χ1v) is 5.97. The van der Waals surface area contributed by atoms with E-state index in [1.165, 1.54) is 0 Å². The van der Waals surface area contributed by atoms with Crippen LogP contribution in [0, 0.1) is 0 Å². The molecule has 0 saturated carbocycles. The van der Waals surface area contributed by atoms with Gasteiger partial charge in [0.1, 0.15) is 0 Å². The van der Waals surface area contributed by atoms with Gasteiger partial charge in [0.25, 0.3) is 0 Å². The Morgan fingerprint density at radius 2 is 2.00 bits per heavy atom. The maximum Gasteiger partial charge on any atom is 0.0738 e. The summed E-state index contributed by atoms with van der Waals surface area (Å²) in [6.07, 6.45) is 0. The number of thiophene rings is 1. The van der Waals surface area contributed by atoms with Gasteiger partial charge in [-0.25, -0.2) is 4.98 Å². The van der Waals surface area contributed by atoms with Gasteiger partial charge in [-0.05, 0) is 23.6 Å². The number of fused-ring (bicyclic) bond motifs is 1. The number of anilines is 1. The molecule has 0 radical (unpaired) electrons. The third-order valence-corrected chi connectivity index (χ3v) is 3.25. The van der Waals surface area contributed by atoms with Crippen LogP contribution in [0.15, 0.2) is 47.2 Å². The normalized spacial score (nSPS) is 10.8. The summed E-state index contributed by atoms with van der Waals surface area (Å²) in [5.41, 5.74) is 9.83. The molecule has 0 saturated heterocycles. The Bertz CT molecular complexity index is 629. The summed E-state index contributed by atoms with van der Waals surface area (Å²) < 4.78 is 0. The molecule has 0 aliphatic carbocycles. The summed E-state index contributed by atoms with van der Waals surface area (Å²) in [6, 6.07) is 11.9. The number of nitrogens with two attached hydrogens (primary N) is 1. The molecule has 2 nitrogen and oxygen atoms in total.